The Bertz CT molecular complexity index is 1230. The predicted octanol–water partition coefficient (Wildman–Crippen LogP) is 3.29. The molecule has 8 nitrogen and oxygen atoms in total. The summed E-state index contributed by atoms with van der Waals surface area (Å²) in [5.41, 5.74) is 2.04. The first-order chi connectivity index (χ1) is 15.9. The molecule has 174 valence electrons. The lowest BCUT2D eigenvalue weighted by Gasteiger charge is -2.27. The minimum absolute atomic E-state index is 0.0364. The van der Waals surface area contributed by atoms with E-state index in [9.17, 15) is 13.2 Å². The second kappa shape index (κ2) is 9.76. The van der Waals surface area contributed by atoms with E-state index in [1.807, 2.05) is 42.0 Å². The predicted molar refractivity (Wildman–Crippen MR) is 125 cm³/mol. The molecular weight excluding hydrogens is 440 g/mol. The molecule has 3 aromatic rings. The molecule has 0 radical (unpaired) electrons. The third-order valence-electron chi connectivity index (χ3n) is 5.86. The van der Waals surface area contributed by atoms with Crippen LogP contribution in [0.1, 0.15) is 41.0 Å². The van der Waals surface area contributed by atoms with Gasteiger partial charge in [-0.05, 0) is 62.1 Å². The molecule has 1 aliphatic rings. The number of carbonyl (C=O) groups excluding carboxylic acids is 1. The molecule has 1 aliphatic heterocycles. The molecule has 1 fully saturated rings. The van der Waals surface area contributed by atoms with Crippen LogP contribution in [0.5, 0.6) is 5.75 Å². The van der Waals surface area contributed by atoms with Crippen molar-refractivity contribution in [1.82, 2.24) is 19.2 Å². The van der Waals surface area contributed by atoms with Gasteiger partial charge in [-0.15, -0.1) is 0 Å². The Morgan fingerprint density at radius 1 is 1.09 bits per heavy atom. The number of piperidine rings is 1. The van der Waals surface area contributed by atoms with Crippen LogP contribution in [0.2, 0.25) is 0 Å². The van der Waals surface area contributed by atoms with Gasteiger partial charge >= 0.3 is 0 Å². The Labute approximate surface area is 194 Å². The number of rotatable bonds is 7. The second-order valence-electron chi connectivity index (χ2n) is 8.05. The van der Waals surface area contributed by atoms with Crippen molar-refractivity contribution in [1.29, 1.82) is 0 Å². The first-order valence-corrected chi connectivity index (χ1v) is 12.4. The van der Waals surface area contributed by atoms with Gasteiger partial charge in [0.1, 0.15) is 11.6 Å². The Hall–Kier alpha value is -3.17. The van der Waals surface area contributed by atoms with Crippen molar-refractivity contribution in [3.05, 3.63) is 71.8 Å². The number of nitrogens with zero attached hydrogens (tertiary/aromatic N) is 3. The number of methoxy groups -OCH3 is 1. The van der Waals surface area contributed by atoms with Crippen LogP contribution in [0.3, 0.4) is 0 Å². The van der Waals surface area contributed by atoms with Crippen molar-refractivity contribution in [2.24, 2.45) is 0 Å². The van der Waals surface area contributed by atoms with Crippen LogP contribution in [0.25, 0.3) is 5.69 Å². The molecule has 0 bridgehead atoms. The van der Waals surface area contributed by atoms with Crippen LogP contribution in [0.15, 0.2) is 59.8 Å². The summed E-state index contributed by atoms with van der Waals surface area (Å²) in [7, 11) is -2.35. The maximum absolute atomic E-state index is 13.0. The maximum Gasteiger partial charge on any atom is 0.257 e. The second-order valence-corrected chi connectivity index (χ2v) is 9.82. The van der Waals surface area contributed by atoms with Crippen molar-refractivity contribution in [2.75, 3.05) is 20.2 Å². The molecule has 1 amide bonds. The van der Waals surface area contributed by atoms with Crippen LogP contribution in [-0.2, 0) is 16.6 Å². The summed E-state index contributed by atoms with van der Waals surface area (Å²) < 4.78 is 35.8. The zero-order valence-electron chi connectivity index (χ0n) is 18.8. The fourth-order valence-corrected chi connectivity index (χ4v) is 5.02. The molecule has 0 spiro atoms. The molecule has 33 heavy (non-hydrogen) atoms. The van der Waals surface area contributed by atoms with Gasteiger partial charge in [-0.1, -0.05) is 12.1 Å². The molecule has 1 N–H and O–H groups in total. The van der Waals surface area contributed by atoms with Crippen LogP contribution in [0, 0.1) is 6.92 Å². The van der Waals surface area contributed by atoms with E-state index in [1.165, 1.54) is 25.3 Å². The standard InChI is InChI=1S/C24H28N4O4S/c1-18-25-12-15-28(18)20-8-6-19(7-9-20)17-26-33(30,31)21-10-11-23(32-2)22(16-21)24(29)27-13-4-3-5-14-27/h6-12,15-16,26H,3-5,13-14,17H2,1-2H3. The molecule has 0 aliphatic carbocycles. The number of hydrogen-bond acceptors (Lipinski definition) is 5. The highest BCUT2D eigenvalue weighted by molar-refractivity contribution is 7.89. The number of sulfonamides is 1. The minimum atomic E-state index is -3.82. The average Bonchev–Trinajstić information content (AvgIpc) is 3.28. The molecule has 0 saturated carbocycles. The van der Waals surface area contributed by atoms with Crippen molar-refractivity contribution in [2.45, 2.75) is 37.6 Å². The number of aromatic nitrogens is 2. The Kier molecular flexibility index (Phi) is 6.80. The third kappa shape index (κ3) is 5.09. The number of benzene rings is 2. The quantitative estimate of drug-likeness (QED) is 0.574. The summed E-state index contributed by atoms with van der Waals surface area (Å²) >= 11 is 0. The first kappa shape index (κ1) is 23.0. The van der Waals surface area contributed by atoms with Crippen molar-refractivity contribution in [3.8, 4) is 11.4 Å². The Morgan fingerprint density at radius 2 is 1.82 bits per heavy atom. The van der Waals surface area contributed by atoms with E-state index in [0.29, 0.717) is 18.8 Å². The number of imidazole rings is 1. The molecule has 2 aromatic carbocycles. The fraction of sp³-hybridized carbons (Fsp3) is 0.333. The highest BCUT2D eigenvalue weighted by Crippen LogP contribution is 2.25. The van der Waals surface area contributed by atoms with E-state index in [2.05, 4.69) is 9.71 Å². The number of ether oxygens (including phenoxy) is 1. The van der Waals surface area contributed by atoms with Gasteiger partial charge in [-0.25, -0.2) is 18.1 Å². The van der Waals surface area contributed by atoms with Gasteiger partial charge < -0.3 is 14.2 Å². The number of hydrogen-bond donors (Lipinski definition) is 1. The lowest BCUT2D eigenvalue weighted by atomic mass is 10.1. The summed E-state index contributed by atoms with van der Waals surface area (Å²) in [6.07, 6.45) is 6.61. The van der Waals surface area contributed by atoms with Gasteiger partial charge in [0.25, 0.3) is 5.91 Å². The van der Waals surface area contributed by atoms with Crippen LogP contribution in [0.4, 0.5) is 0 Å². The van der Waals surface area contributed by atoms with Gasteiger partial charge in [0.05, 0.1) is 17.6 Å². The molecule has 0 atom stereocenters. The van der Waals surface area contributed by atoms with Gasteiger partial charge in [0, 0.05) is 37.7 Å². The van der Waals surface area contributed by atoms with Crippen molar-refractivity contribution >= 4 is 15.9 Å². The smallest absolute Gasteiger partial charge is 0.257 e. The van der Waals surface area contributed by atoms with Gasteiger partial charge in [-0.3, -0.25) is 4.79 Å². The molecule has 0 unspecified atom stereocenters. The normalized spacial score (nSPS) is 14.3. The zero-order valence-corrected chi connectivity index (χ0v) is 19.6. The highest BCUT2D eigenvalue weighted by atomic mass is 32.2. The van der Waals surface area contributed by atoms with Gasteiger partial charge in [-0.2, -0.15) is 0 Å². The van der Waals surface area contributed by atoms with Gasteiger partial charge in [0.2, 0.25) is 10.0 Å². The average molecular weight is 469 g/mol. The summed E-state index contributed by atoms with van der Waals surface area (Å²) in [6, 6.07) is 12.0. The topological polar surface area (TPSA) is 93.5 Å². The SMILES string of the molecule is COc1ccc(S(=O)(=O)NCc2ccc(-n3ccnc3C)cc2)cc1C(=O)N1CCCCC1. The molecular formula is C24H28N4O4S. The van der Waals surface area contributed by atoms with E-state index in [0.717, 1.165) is 36.3 Å². The van der Waals surface area contributed by atoms with E-state index in [1.54, 1.807) is 11.1 Å². The summed E-state index contributed by atoms with van der Waals surface area (Å²) in [4.78, 5) is 19.0. The van der Waals surface area contributed by atoms with Gasteiger partial charge in [0.15, 0.2) is 0 Å². The highest BCUT2D eigenvalue weighted by Gasteiger charge is 2.24. The van der Waals surface area contributed by atoms with E-state index < -0.39 is 10.0 Å². The monoisotopic (exact) mass is 468 g/mol. The van der Waals surface area contributed by atoms with Crippen molar-refractivity contribution < 1.29 is 17.9 Å². The van der Waals surface area contributed by atoms with E-state index in [-0.39, 0.29) is 22.9 Å². The number of likely N-dealkylation sites (tertiary alicyclic amines) is 1. The number of nitrogens with one attached hydrogen (secondary N) is 1. The van der Waals surface area contributed by atoms with Crippen molar-refractivity contribution in [3.63, 3.8) is 0 Å². The minimum Gasteiger partial charge on any atom is -0.496 e. The number of amides is 1. The van der Waals surface area contributed by atoms with Crippen LogP contribution in [-0.4, -0.2) is 49.0 Å². The molecule has 4 rings (SSSR count). The zero-order chi connectivity index (χ0) is 23.4. The van der Waals surface area contributed by atoms with E-state index >= 15 is 0 Å². The maximum atomic E-state index is 13.0. The molecule has 9 heteroatoms. The summed E-state index contributed by atoms with van der Waals surface area (Å²) in [6.45, 7) is 3.39. The van der Waals surface area contributed by atoms with Crippen LogP contribution < -0.4 is 9.46 Å². The largest absolute Gasteiger partial charge is 0.496 e. The Morgan fingerprint density at radius 3 is 2.45 bits per heavy atom. The third-order valence-corrected chi connectivity index (χ3v) is 7.26. The summed E-state index contributed by atoms with van der Waals surface area (Å²) in [5.74, 6) is 1.04. The fourth-order valence-electron chi connectivity index (χ4n) is 3.98. The lowest BCUT2D eigenvalue weighted by Crippen LogP contribution is -2.36. The summed E-state index contributed by atoms with van der Waals surface area (Å²) in [5, 5.41) is 0. The molecule has 1 aromatic heterocycles. The molecule has 2 heterocycles. The van der Waals surface area contributed by atoms with E-state index in [4.69, 9.17) is 4.74 Å². The lowest BCUT2D eigenvalue weighted by molar-refractivity contribution is 0.0720. The number of carbonyl (C=O) groups is 1. The first-order valence-electron chi connectivity index (χ1n) is 11.0. The molecule has 1 saturated heterocycles. The van der Waals surface area contributed by atoms with Crippen LogP contribution >= 0.6 is 0 Å². The number of aryl methyl sites for hydroxylation is 1. The Balaban J connectivity index is 1.50.